The van der Waals surface area contributed by atoms with Gasteiger partial charge in [0.2, 0.25) is 5.91 Å². The average molecular weight is 253 g/mol. The number of hydrogen-bond donors (Lipinski definition) is 2. The third-order valence-corrected chi connectivity index (χ3v) is 2.79. The molecule has 0 fully saturated rings. The molecule has 102 valence electrons. The van der Waals surface area contributed by atoms with Gasteiger partial charge in [-0.05, 0) is 19.9 Å². The number of rotatable bonds is 9. The molecule has 6 heteroatoms. The maximum Gasteiger partial charge on any atom is 0.219 e. The van der Waals surface area contributed by atoms with E-state index in [0.717, 1.165) is 44.5 Å². The minimum absolute atomic E-state index is 0.116. The highest BCUT2D eigenvalue weighted by molar-refractivity contribution is 5.75. The third kappa shape index (κ3) is 5.77. The van der Waals surface area contributed by atoms with Gasteiger partial charge < -0.3 is 10.6 Å². The van der Waals surface area contributed by atoms with Gasteiger partial charge in [0.1, 0.15) is 0 Å². The minimum Gasteiger partial charge on any atom is -0.359 e. The first-order valence-corrected chi connectivity index (χ1v) is 6.50. The number of aromatic nitrogens is 3. The number of unbranched alkanes of at least 4 members (excludes halogenated alkanes) is 2. The van der Waals surface area contributed by atoms with Gasteiger partial charge in [0.05, 0.1) is 5.69 Å². The molecule has 0 saturated heterocycles. The number of nitrogens with zero attached hydrogens (tertiary/aromatic N) is 3. The lowest BCUT2D eigenvalue weighted by Crippen LogP contribution is -2.16. The predicted octanol–water partition coefficient (Wildman–Crippen LogP) is 0.346. The van der Waals surface area contributed by atoms with Crippen LogP contribution in [-0.4, -0.2) is 41.5 Å². The van der Waals surface area contributed by atoms with E-state index in [9.17, 15) is 4.79 Å². The van der Waals surface area contributed by atoms with E-state index in [1.165, 1.54) is 0 Å². The van der Waals surface area contributed by atoms with Crippen LogP contribution in [0.5, 0.6) is 0 Å². The maximum atomic E-state index is 11.0. The van der Waals surface area contributed by atoms with Gasteiger partial charge in [-0.25, -0.2) is 0 Å². The minimum atomic E-state index is 0.116. The van der Waals surface area contributed by atoms with Crippen LogP contribution in [0.15, 0.2) is 6.20 Å². The zero-order valence-electron chi connectivity index (χ0n) is 11.3. The molecule has 0 bridgehead atoms. The van der Waals surface area contributed by atoms with Crippen molar-refractivity contribution in [2.24, 2.45) is 0 Å². The highest BCUT2D eigenvalue weighted by Gasteiger charge is 2.01. The summed E-state index contributed by atoms with van der Waals surface area (Å²) >= 11 is 0. The van der Waals surface area contributed by atoms with Gasteiger partial charge in [0, 0.05) is 39.2 Å². The van der Waals surface area contributed by atoms with Crippen molar-refractivity contribution in [3.05, 3.63) is 11.9 Å². The van der Waals surface area contributed by atoms with Crippen LogP contribution in [0.25, 0.3) is 0 Å². The summed E-state index contributed by atoms with van der Waals surface area (Å²) in [5.74, 6) is 0.116. The largest absolute Gasteiger partial charge is 0.359 e. The van der Waals surface area contributed by atoms with Crippen molar-refractivity contribution in [1.82, 2.24) is 25.6 Å². The van der Waals surface area contributed by atoms with Crippen molar-refractivity contribution < 1.29 is 4.79 Å². The number of nitrogens with one attached hydrogen (secondary N) is 2. The van der Waals surface area contributed by atoms with Crippen LogP contribution in [0.4, 0.5) is 0 Å². The third-order valence-electron chi connectivity index (χ3n) is 2.79. The van der Waals surface area contributed by atoms with E-state index in [4.69, 9.17) is 0 Å². The van der Waals surface area contributed by atoms with E-state index in [1.807, 2.05) is 17.9 Å². The highest BCUT2D eigenvalue weighted by atomic mass is 16.1. The summed E-state index contributed by atoms with van der Waals surface area (Å²) < 4.78 is 1.88. The Kier molecular flexibility index (Phi) is 7.01. The molecule has 0 atom stereocenters. The van der Waals surface area contributed by atoms with Crippen LogP contribution < -0.4 is 10.6 Å². The fourth-order valence-electron chi connectivity index (χ4n) is 1.68. The van der Waals surface area contributed by atoms with Gasteiger partial charge in [-0.15, -0.1) is 5.10 Å². The first-order valence-electron chi connectivity index (χ1n) is 6.50. The fraction of sp³-hybridized carbons (Fsp3) is 0.750. The summed E-state index contributed by atoms with van der Waals surface area (Å²) in [5.41, 5.74) is 1.02. The number of amides is 1. The van der Waals surface area contributed by atoms with E-state index in [-0.39, 0.29) is 5.91 Å². The normalized spacial score (nSPS) is 10.6. The molecule has 1 aromatic rings. The van der Waals surface area contributed by atoms with Gasteiger partial charge in [-0.3, -0.25) is 9.48 Å². The van der Waals surface area contributed by atoms with Crippen LogP contribution in [-0.2, 0) is 17.8 Å². The SMILES string of the molecule is CNCCc1cn(CCCCCC(=O)NC)nn1. The van der Waals surface area contributed by atoms with E-state index in [0.29, 0.717) is 6.42 Å². The summed E-state index contributed by atoms with van der Waals surface area (Å²) in [6.45, 7) is 1.80. The molecule has 1 amide bonds. The lowest BCUT2D eigenvalue weighted by molar-refractivity contribution is -0.120. The summed E-state index contributed by atoms with van der Waals surface area (Å²) in [4.78, 5) is 11.0. The topological polar surface area (TPSA) is 71.8 Å². The maximum absolute atomic E-state index is 11.0. The van der Waals surface area contributed by atoms with Gasteiger partial charge in [-0.2, -0.15) is 0 Å². The lowest BCUT2D eigenvalue weighted by Gasteiger charge is -2.01. The van der Waals surface area contributed by atoms with Crippen molar-refractivity contribution in [2.45, 2.75) is 38.6 Å². The quantitative estimate of drug-likeness (QED) is 0.623. The summed E-state index contributed by atoms with van der Waals surface area (Å²) in [6.07, 6.45) is 6.52. The summed E-state index contributed by atoms with van der Waals surface area (Å²) in [5, 5.41) is 13.9. The van der Waals surface area contributed by atoms with Crippen LogP contribution in [0, 0.1) is 0 Å². The van der Waals surface area contributed by atoms with Gasteiger partial charge >= 0.3 is 0 Å². The number of carbonyl (C=O) groups excluding carboxylic acids is 1. The van der Waals surface area contributed by atoms with Gasteiger partial charge in [0.15, 0.2) is 0 Å². The molecule has 0 saturated carbocycles. The molecule has 1 rings (SSSR count). The second-order valence-corrected chi connectivity index (χ2v) is 4.31. The van der Waals surface area contributed by atoms with Crippen LogP contribution >= 0.6 is 0 Å². The second-order valence-electron chi connectivity index (χ2n) is 4.31. The summed E-state index contributed by atoms with van der Waals surface area (Å²) in [6, 6.07) is 0. The number of likely N-dealkylation sites (N-methyl/N-ethyl adjacent to an activating group) is 1. The molecule has 2 N–H and O–H groups in total. The molecule has 18 heavy (non-hydrogen) atoms. The first kappa shape index (κ1) is 14.6. The van der Waals surface area contributed by atoms with Crippen molar-refractivity contribution in [1.29, 1.82) is 0 Å². The number of aryl methyl sites for hydroxylation is 1. The Bertz CT molecular complexity index is 350. The zero-order valence-corrected chi connectivity index (χ0v) is 11.3. The molecule has 1 aromatic heterocycles. The molecule has 0 aliphatic rings. The Morgan fingerprint density at radius 3 is 2.89 bits per heavy atom. The van der Waals surface area contributed by atoms with Crippen molar-refractivity contribution >= 4 is 5.91 Å². The van der Waals surface area contributed by atoms with E-state index in [2.05, 4.69) is 20.9 Å². The standard InChI is InChI=1S/C12H23N5O/c1-13-8-7-11-10-17(16-15-11)9-5-3-4-6-12(18)14-2/h10,13H,3-9H2,1-2H3,(H,14,18). The zero-order chi connectivity index (χ0) is 13.2. The molecule has 0 aromatic carbocycles. The Labute approximate surface area is 108 Å². The van der Waals surface area contributed by atoms with Crippen molar-refractivity contribution in [3.63, 3.8) is 0 Å². The molecule has 1 heterocycles. The number of carbonyl (C=O) groups is 1. The average Bonchev–Trinajstić information content (AvgIpc) is 2.83. The van der Waals surface area contributed by atoms with E-state index >= 15 is 0 Å². The predicted molar refractivity (Wildman–Crippen MR) is 70.2 cm³/mol. The van der Waals surface area contributed by atoms with Gasteiger partial charge in [-0.1, -0.05) is 11.6 Å². The van der Waals surface area contributed by atoms with E-state index < -0.39 is 0 Å². The van der Waals surface area contributed by atoms with Crippen LogP contribution in [0.2, 0.25) is 0 Å². The highest BCUT2D eigenvalue weighted by Crippen LogP contribution is 2.02. The Hall–Kier alpha value is -1.43. The molecule has 0 unspecified atom stereocenters. The number of hydrogen-bond acceptors (Lipinski definition) is 4. The molecule has 0 spiro atoms. The molecular formula is C12H23N5O. The first-order chi connectivity index (χ1) is 8.76. The Morgan fingerprint density at radius 1 is 1.33 bits per heavy atom. The van der Waals surface area contributed by atoms with Crippen molar-refractivity contribution in [3.8, 4) is 0 Å². The smallest absolute Gasteiger partial charge is 0.219 e. The monoisotopic (exact) mass is 253 g/mol. The lowest BCUT2D eigenvalue weighted by atomic mass is 10.2. The molecule has 0 radical (unpaired) electrons. The Balaban J connectivity index is 2.11. The Morgan fingerprint density at radius 2 is 2.17 bits per heavy atom. The fourth-order valence-corrected chi connectivity index (χ4v) is 1.68. The van der Waals surface area contributed by atoms with Gasteiger partial charge in [0.25, 0.3) is 0 Å². The molecule has 6 nitrogen and oxygen atoms in total. The summed E-state index contributed by atoms with van der Waals surface area (Å²) in [7, 11) is 3.60. The molecule has 0 aliphatic heterocycles. The van der Waals surface area contributed by atoms with Crippen LogP contribution in [0.1, 0.15) is 31.4 Å². The van der Waals surface area contributed by atoms with Crippen molar-refractivity contribution in [2.75, 3.05) is 20.6 Å². The molecule has 0 aliphatic carbocycles. The van der Waals surface area contributed by atoms with E-state index in [1.54, 1.807) is 7.05 Å². The molecular weight excluding hydrogens is 230 g/mol. The second kappa shape index (κ2) is 8.63. The van der Waals surface area contributed by atoms with Crippen LogP contribution in [0.3, 0.4) is 0 Å².